The summed E-state index contributed by atoms with van der Waals surface area (Å²) in [6, 6.07) is 3.50. The van der Waals surface area contributed by atoms with Crippen LogP contribution in [0.15, 0.2) is 16.5 Å². The van der Waals surface area contributed by atoms with E-state index in [4.69, 9.17) is 4.42 Å². The van der Waals surface area contributed by atoms with Crippen molar-refractivity contribution in [3.05, 3.63) is 44.5 Å². The highest BCUT2D eigenvalue weighted by Gasteiger charge is 2.16. The van der Waals surface area contributed by atoms with Gasteiger partial charge in [-0.2, -0.15) is 0 Å². The second-order valence-corrected chi connectivity index (χ2v) is 6.04. The number of carbonyl (C=O) groups excluding carboxylic acids is 2. The summed E-state index contributed by atoms with van der Waals surface area (Å²) in [5, 5.41) is 0. The lowest BCUT2D eigenvalue weighted by atomic mass is 10.2. The molecule has 0 radical (unpaired) electrons. The van der Waals surface area contributed by atoms with Crippen LogP contribution < -0.4 is 10.9 Å². The number of rotatable bonds is 3. The summed E-state index contributed by atoms with van der Waals surface area (Å²) in [5.41, 5.74) is 6.41. The Bertz CT molecular complexity index is 685. The van der Waals surface area contributed by atoms with Crippen LogP contribution in [-0.4, -0.2) is 11.8 Å². The van der Waals surface area contributed by atoms with E-state index in [2.05, 4.69) is 10.9 Å². The van der Waals surface area contributed by atoms with Gasteiger partial charge in [0.1, 0.15) is 11.5 Å². The minimum Gasteiger partial charge on any atom is -0.466 e. The smallest absolute Gasteiger partial charge is 0.279 e. The summed E-state index contributed by atoms with van der Waals surface area (Å²) in [5.74, 6) is 0.487. The van der Waals surface area contributed by atoms with E-state index < -0.39 is 0 Å². The van der Waals surface area contributed by atoms with Gasteiger partial charge in [-0.15, -0.1) is 11.3 Å². The molecule has 2 rings (SSSR count). The summed E-state index contributed by atoms with van der Waals surface area (Å²) in [6.07, 6.45) is 0.884. The number of nitrogens with one attached hydrogen (secondary N) is 2. The molecule has 0 bridgehead atoms. The zero-order chi connectivity index (χ0) is 15.6. The molecule has 112 valence electrons. The van der Waals surface area contributed by atoms with Crippen molar-refractivity contribution in [1.29, 1.82) is 0 Å². The Morgan fingerprint density at radius 2 is 1.81 bits per heavy atom. The van der Waals surface area contributed by atoms with Crippen LogP contribution in [0.2, 0.25) is 0 Å². The number of amides is 2. The van der Waals surface area contributed by atoms with Gasteiger partial charge in [0, 0.05) is 4.88 Å². The molecule has 0 aliphatic heterocycles. The van der Waals surface area contributed by atoms with E-state index in [0.29, 0.717) is 22.0 Å². The average molecular weight is 306 g/mol. The summed E-state index contributed by atoms with van der Waals surface area (Å²) in [4.78, 5) is 25.7. The van der Waals surface area contributed by atoms with Crippen LogP contribution in [-0.2, 0) is 6.42 Å². The minimum absolute atomic E-state index is 0.311. The van der Waals surface area contributed by atoms with Crippen LogP contribution in [0, 0.1) is 20.8 Å². The highest BCUT2D eigenvalue weighted by atomic mass is 32.1. The molecule has 21 heavy (non-hydrogen) atoms. The second kappa shape index (κ2) is 6.13. The monoisotopic (exact) mass is 306 g/mol. The van der Waals surface area contributed by atoms with Gasteiger partial charge in [-0.25, -0.2) is 0 Å². The van der Waals surface area contributed by atoms with Crippen molar-refractivity contribution in [2.75, 3.05) is 0 Å². The number of aryl methyl sites for hydroxylation is 4. The second-order valence-electron chi connectivity index (χ2n) is 4.78. The average Bonchev–Trinajstić information content (AvgIpc) is 2.98. The maximum atomic E-state index is 12.0. The number of hydrazine groups is 1. The van der Waals surface area contributed by atoms with Gasteiger partial charge < -0.3 is 4.42 Å². The molecule has 0 unspecified atom stereocenters. The van der Waals surface area contributed by atoms with E-state index in [-0.39, 0.29) is 11.8 Å². The Hall–Kier alpha value is -2.08. The zero-order valence-corrected chi connectivity index (χ0v) is 13.3. The molecule has 2 aromatic heterocycles. The number of hydrogen-bond acceptors (Lipinski definition) is 4. The predicted octanol–water partition coefficient (Wildman–Crippen LogP) is 2.90. The SMILES string of the molecule is CCc1cc(C(=O)NNC(=O)c2cc(C)oc2C)sc1C. The molecule has 6 heteroatoms. The maximum absolute atomic E-state index is 12.0. The van der Waals surface area contributed by atoms with Gasteiger partial charge in [-0.3, -0.25) is 20.4 Å². The van der Waals surface area contributed by atoms with Gasteiger partial charge in [-0.1, -0.05) is 6.92 Å². The van der Waals surface area contributed by atoms with E-state index in [1.54, 1.807) is 19.9 Å². The van der Waals surface area contributed by atoms with Crippen molar-refractivity contribution in [2.24, 2.45) is 0 Å². The standard InChI is InChI=1S/C15H18N2O3S/c1-5-11-7-13(21-10(11)4)15(19)17-16-14(18)12-6-8(2)20-9(12)3/h6-7H,5H2,1-4H3,(H,16,18)(H,17,19). The molecule has 0 saturated heterocycles. The van der Waals surface area contributed by atoms with E-state index in [9.17, 15) is 9.59 Å². The molecular formula is C15H18N2O3S. The summed E-state index contributed by atoms with van der Waals surface area (Å²) in [6.45, 7) is 7.50. The fourth-order valence-electron chi connectivity index (χ4n) is 2.08. The highest BCUT2D eigenvalue weighted by Crippen LogP contribution is 2.21. The zero-order valence-electron chi connectivity index (χ0n) is 12.5. The molecule has 0 aliphatic rings. The van der Waals surface area contributed by atoms with Crippen molar-refractivity contribution in [2.45, 2.75) is 34.1 Å². The number of hydrogen-bond donors (Lipinski definition) is 2. The van der Waals surface area contributed by atoms with Crippen LogP contribution in [0.1, 0.15) is 48.9 Å². The first-order valence-corrected chi connectivity index (χ1v) is 7.51. The third-order valence-electron chi connectivity index (χ3n) is 3.20. The van der Waals surface area contributed by atoms with Crippen LogP contribution >= 0.6 is 11.3 Å². The number of thiophene rings is 1. The molecule has 2 aromatic rings. The lowest BCUT2D eigenvalue weighted by molar-refractivity contribution is 0.0848. The molecule has 0 aromatic carbocycles. The summed E-state index contributed by atoms with van der Waals surface area (Å²) >= 11 is 1.42. The van der Waals surface area contributed by atoms with E-state index in [1.165, 1.54) is 11.3 Å². The van der Waals surface area contributed by atoms with Gasteiger partial charge in [0.15, 0.2) is 0 Å². The van der Waals surface area contributed by atoms with Gasteiger partial charge in [0.25, 0.3) is 11.8 Å². The quantitative estimate of drug-likeness (QED) is 0.857. The Balaban J connectivity index is 2.00. The topological polar surface area (TPSA) is 71.3 Å². The van der Waals surface area contributed by atoms with Crippen molar-refractivity contribution in [3.8, 4) is 0 Å². The summed E-state index contributed by atoms with van der Waals surface area (Å²) in [7, 11) is 0. The Kier molecular flexibility index (Phi) is 4.47. The Morgan fingerprint density at radius 1 is 1.14 bits per heavy atom. The third kappa shape index (κ3) is 3.33. The van der Waals surface area contributed by atoms with Gasteiger partial charge >= 0.3 is 0 Å². The molecule has 0 saturated carbocycles. The molecule has 2 amide bonds. The first kappa shape index (κ1) is 15.3. The van der Waals surface area contributed by atoms with Crippen LogP contribution in [0.3, 0.4) is 0 Å². The molecule has 0 fully saturated rings. The first-order valence-electron chi connectivity index (χ1n) is 6.69. The first-order chi connectivity index (χ1) is 9.92. The number of carbonyl (C=O) groups is 2. The fraction of sp³-hybridized carbons (Fsp3) is 0.333. The Morgan fingerprint density at radius 3 is 2.33 bits per heavy atom. The fourth-order valence-corrected chi connectivity index (χ4v) is 3.09. The molecule has 2 N–H and O–H groups in total. The third-order valence-corrected chi connectivity index (χ3v) is 4.29. The van der Waals surface area contributed by atoms with Gasteiger partial charge in [0.05, 0.1) is 10.4 Å². The highest BCUT2D eigenvalue weighted by molar-refractivity contribution is 7.14. The van der Waals surface area contributed by atoms with Crippen LogP contribution in [0.25, 0.3) is 0 Å². The molecule has 5 nitrogen and oxygen atoms in total. The molecule has 0 spiro atoms. The van der Waals surface area contributed by atoms with Crippen LogP contribution in [0.4, 0.5) is 0 Å². The minimum atomic E-state index is -0.387. The van der Waals surface area contributed by atoms with Gasteiger partial charge in [0.2, 0.25) is 0 Å². The van der Waals surface area contributed by atoms with Crippen molar-refractivity contribution in [3.63, 3.8) is 0 Å². The van der Waals surface area contributed by atoms with Gasteiger partial charge in [-0.05, 0) is 44.9 Å². The largest absolute Gasteiger partial charge is 0.466 e. The molecular weight excluding hydrogens is 288 g/mol. The normalized spacial score (nSPS) is 10.5. The maximum Gasteiger partial charge on any atom is 0.279 e. The van der Waals surface area contributed by atoms with Crippen molar-refractivity contribution in [1.82, 2.24) is 10.9 Å². The van der Waals surface area contributed by atoms with Crippen molar-refractivity contribution < 1.29 is 14.0 Å². The van der Waals surface area contributed by atoms with E-state index in [1.807, 2.05) is 19.9 Å². The van der Waals surface area contributed by atoms with E-state index in [0.717, 1.165) is 16.9 Å². The summed E-state index contributed by atoms with van der Waals surface area (Å²) < 4.78 is 5.29. The molecule has 0 aliphatic carbocycles. The van der Waals surface area contributed by atoms with Crippen LogP contribution in [0.5, 0.6) is 0 Å². The lowest BCUT2D eigenvalue weighted by Crippen LogP contribution is -2.41. The van der Waals surface area contributed by atoms with Crippen molar-refractivity contribution >= 4 is 23.2 Å². The predicted molar refractivity (Wildman–Crippen MR) is 81.5 cm³/mol. The molecule has 2 heterocycles. The lowest BCUT2D eigenvalue weighted by Gasteiger charge is -2.05. The number of furan rings is 1. The Labute approximate surface area is 127 Å². The molecule has 0 atom stereocenters. The van der Waals surface area contributed by atoms with E-state index >= 15 is 0 Å².